The van der Waals surface area contributed by atoms with Gasteiger partial charge in [0.05, 0.1) is 0 Å². The molecule has 0 atom stereocenters. The number of rotatable bonds is 6. The predicted octanol–water partition coefficient (Wildman–Crippen LogP) is 1.70. The molecule has 3 rings (SSSR count). The minimum absolute atomic E-state index is 0.0920. The Hall–Kier alpha value is -3.81. The number of hydrogen-bond acceptors (Lipinski definition) is 5. The molecule has 0 saturated heterocycles. The van der Waals surface area contributed by atoms with Gasteiger partial charge in [-0.15, -0.1) is 0 Å². The minimum Gasteiger partial charge on any atom is -0.480 e. The average Bonchev–Trinajstić information content (AvgIpc) is 3.13. The molecule has 0 radical (unpaired) electrons. The van der Waals surface area contributed by atoms with E-state index in [-0.39, 0.29) is 12.5 Å². The van der Waals surface area contributed by atoms with Crippen molar-refractivity contribution in [3.63, 3.8) is 0 Å². The first kappa shape index (κ1) is 19.0. The van der Waals surface area contributed by atoms with Gasteiger partial charge in [0.15, 0.2) is 11.5 Å². The van der Waals surface area contributed by atoms with Gasteiger partial charge in [-0.3, -0.25) is 14.4 Å². The second-order valence-electron chi connectivity index (χ2n) is 6.07. The molecule has 0 aliphatic carbocycles. The van der Waals surface area contributed by atoms with E-state index in [2.05, 4.69) is 10.6 Å². The summed E-state index contributed by atoms with van der Waals surface area (Å²) in [5.74, 6) is -1.31. The van der Waals surface area contributed by atoms with Crippen LogP contribution in [0.2, 0.25) is 0 Å². The Morgan fingerprint density at radius 3 is 2.50 bits per heavy atom. The minimum atomic E-state index is -1.19. The number of carbonyl (C=O) groups excluding carboxylic acids is 2. The van der Waals surface area contributed by atoms with Crippen LogP contribution < -0.4 is 20.1 Å². The van der Waals surface area contributed by atoms with Gasteiger partial charge in [0.25, 0.3) is 11.8 Å². The number of hydrogen-bond donors (Lipinski definition) is 3. The molecule has 2 aromatic rings. The highest BCUT2D eigenvalue weighted by Gasteiger charge is 2.17. The molecule has 3 N–H and O–H groups in total. The Kier molecular flexibility index (Phi) is 5.59. The van der Waals surface area contributed by atoms with Crippen LogP contribution in [0.4, 0.5) is 0 Å². The van der Waals surface area contributed by atoms with E-state index in [9.17, 15) is 14.4 Å². The molecule has 0 spiro atoms. The first-order chi connectivity index (χ1) is 13.4. The Labute approximate surface area is 160 Å². The molecule has 0 fully saturated rings. The Morgan fingerprint density at radius 1 is 1.07 bits per heavy atom. The van der Waals surface area contributed by atoms with Gasteiger partial charge < -0.3 is 25.2 Å². The summed E-state index contributed by atoms with van der Waals surface area (Å²) in [6.45, 7) is 1.43. The Morgan fingerprint density at radius 2 is 1.79 bits per heavy atom. The van der Waals surface area contributed by atoms with Crippen LogP contribution in [-0.4, -0.2) is 36.2 Å². The average molecular weight is 382 g/mol. The molecule has 1 heterocycles. The maximum Gasteiger partial charge on any atom is 0.322 e. The van der Waals surface area contributed by atoms with E-state index in [0.717, 1.165) is 5.56 Å². The number of ether oxygens (including phenoxy) is 2. The van der Waals surface area contributed by atoms with Gasteiger partial charge in [-0.25, -0.2) is 0 Å². The predicted molar refractivity (Wildman–Crippen MR) is 99.8 cm³/mol. The van der Waals surface area contributed by atoms with E-state index in [1.807, 2.05) is 6.92 Å². The summed E-state index contributed by atoms with van der Waals surface area (Å²) in [6.07, 6.45) is 1.44. The molecule has 2 aromatic carbocycles. The van der Waals surface area contributed by atoms with Crippen molar-refractivity contribution in [2.24, 2.45) is 0 Å². The van der Waals surface area contributed by atoms with Crippen LogP contribution in [0.5, 0.6) is 11.5 Å². The number of carboxylic acid groups (broad SMARTS) is 1. The molecule has 8 heteroatoms. The molecule has 0 unspecified atom stereocenters. The normalized spacial score (nSPS) is 12.4. The molecule has 1 aliphatic heterocycles. The highest BCUT2D eigenvalue weighted by Crippen LogP contribution is 2.33. The third kappa shape index (κ3) is 4.67. The second kappa shape index (κ2) is 8.26. The fourth-order valence-electron chi connectivity index (χ4n) is 2.48. The standard InChI is InChI=1S/C20H18N2O6/c1-12-2-5-14(6-3-12)19(25)22-15(20(26)21-10-18(23)24)8-13-4-7-16-17(9-13)28-11-27-16/h2-9H,10-11H2,1H3,(H,21,26)(H,22,25)(H,23,24). The maximum atomic E-state index is 12.5. The summed E-state index contributed by atoms with van der Waals surface area (Å²) in [4.78, 5) is 35.6. The smallest absolute Gasteiger partial charge is 0.322 e. The molecular weight excluding hydrogens is 364 g/mol. The number of benzene rings is 2. The molecule has 0 aromatic heterocycles. The summed E-state index contributed by atoms with van der Waals surface area (Å²) < 4.78 is 10.6. The number of fused-ring (bicyclic) bond motifs is 1. The molecule has 0 bridgehead atoms. The van der Waals surface area contributed by atoms with Crippen LogP contribution in [0, 0.1) is 6.92 Å². The first-order valence-electron chi connectivity index (χ1n) is 8.42. The van der Waals surface area contributed by atoms with Crippen molar-refractivity contribution < 1.29 is 29.0 Å². The van der Waals surface area contributed by atoms with E-state index < -0.39 is 24.3 Å². The van der Waals surface area contributed by atoms with Gasteiger partial charge in [0.2, 0.25) is 6.79 Å². The van der Waals surface area contributed by atoms with Crippen LogP contribution >= 0.6 is 0 Å². The fraction of sp³-hybridized carbons (Fsp3) is 0.150. The quantitative estimate of drug-likeness (QED) is 0.655. The molecule has 8 nitrogen and oxygen atoms in total. The Bertz CT molecular complexity index is 950. The summed E-state index contributed by atoms with van der Waals surface area (Å²) >= 11 is 0. The summed E-state index contributed by atoms with van der Waals surface area (Å²) in [5, 5.41) is 13.6. The molecule has 0 saturated carbocycles. The van der Waals surface area contributed by atoms with E-state index in [1.54, 1.807) is 42.5 Å². The van der Waals surface area contributed by atoms with Crippen LogP contribution in [0.3, 0.4) is 0 Å². The molecule has 2 amide bonds. The zero-order valence-corrected chi connectivity index (χ0v) is 15.0. The van der Waals surface area contributed by atoms with Gasteiger partial charge in [0, 0.05) is 5.56 Å². The van der Waals surface area contributed by atoms with Crippen LogP contribution in [0.25, 0.3) is 6.08 Å². The zero-order valence-electron chi connectivity index (χ0n) is 15.0. The largest absolute Gasteiger partial charge is 0.480 e. The lowest BCUT2D eigenvalue weighted by molar-refractivity contribution is -0.137. The fourth-order valence-corrected chi connectivity index (χ4v) is 2.48. The van der Waals surface area contributed by atoms with E-state index in [0.29, 0.717) is 22.6 Å². The molecule has 28 heavy (non-hydrogen) atoms. The Balaban J connectivity index is 1.85. The number of aliphatic carboxylic acids is 1. The number of aryl methyl sites for hydroxylation is 1. The van der Waals surface area contributed by atoms with Gasteiger partial charge in [-0.2, -0.15) is 0 Å². The molecule has 144 valence electrons. The van der Waals surface area contributed by atoms with Gasteiger partial charge in [0.1, 0.15) is 12.2 Å². The van der Waals surface area contributed by atoms with Crippen molar-refractivity contribution in [3.05, 3.63) is 64.9 Å². The van der Waals surface area contributed by atoms with E-state index in [4.69, 9.17) is 14.6 Å². The lowest BCUT2D eigenvalue weighted by Gasteiger charge is -2.11. The van der Waals surface area contributed by atoms with E-state index in [1.165, 1.54) is 6.08 Å². The van der Waals surface area contributed by atoms with Crippen molar-refractivity contribution >= 4 is 23.9 Å². The van der Waals surface area contributed by atoms with Crippen molar-refractivity contribution in [2.45, 2.75) is 6.92 Å². The highest BCUT2D eigenvalue weighted by atomic mass is 16.7. The molecular formula is C20H18N2O6. The second-order valence-corrected chi connectivity index (χ2v) is 6.07. The first-order valence-corrected chi connectivity index (χ1v) is 8.42. The third-order valence-corrected chi connectivity index (χ3v) is 3.91. The topological polar surface area (TPSA) is 114 Å². The number of amides is 2. The number of carbonyl (C=O) groups is 3. The zero-order chi connectivity index (χ0) is 20.1. The SMILES string of the molecule is Cc1ccc(C(=O)NC(=Cc2ccc3c(c2)OCO3)C(=O)NCC(=O)O)cc1. The maximum absolute atomic E-state index is 12.5. The summed E-state index contributed by atoms with van der Waals surface area (Å²) in [6, 6.07) is 11.9. The number of carboxylic acids is 1. The van der Waals surface area contributed by atoms with Gasteiger partial charge in [-0.05, 0) is 42.8 Å². The lowest BCUT2D eigenvalue weighted by Crippen LogP contribution is -2.37. The van der Waals surface area contributed by atoms with Crippen molar-refractivity contribution in [3.8, 4) is 11.5 Å². The summed E-state index contributed by atoms with van der Waals surface area (Å²) in [5.41, 5.74) is 1.85. The third-order valence-electron chi connectivity index (χ3n) is 3.91. The van der Waals surface area contributed by atoms with Crippen LogP contribution in [0.1, 0.15) is 21.5 Å². The van der Waals surface area contributed by atoms with Crippen molar-refractivity contribution in [1.82, 2.24) is 10.6 Å². The van der Waals surface area contributed by atoms with Gasteiger partial charge >= 0.3 is 5.97 Å². The van der Waals surface area contributed by atoms with Crippen LogP contribution in [0.15, 0.2) is 48.2 Å². The summed E-state index contributed by atoms with van der Waals surface area (Å²) in [7, 11) is 0. The monoisotopic (exact) mass is 382 g/mol. The number of nitrogens with one attached hydrogen (secondary N) is 2. The van der Waals surface area contributed by atoms with Gasteiger partial charge in [-0.1, -0.05) is 23.8 Å². The van der Waals surface area contributed by atoms with Crippen LogP contribution in [-0.2, 0) is 9.59 Å². The highest BCUT2D eigenvalue weighted by molar-refractivity contribution is 6.05. The van der Waals surface area contributed by atoms with Crippen molar-refractivity contribution in [1.29, 1.82) is 0 Å². The van der Waals surface area contributed by atoms with E-state index >= 15 is 0 Å². The lowest BCUT2D eigenvalue weighted by atomic mass is 10.1. The van der Waals surface area contributed by atoms with Crippen molar-refractivity contribution in [2.75, 3.05) is 13.3 Å². The molecule has 1 aliphatic rings.